The largest absolute Gasteiger partial charge is 0.321 e. The van der Waals surface area contributed by atoms with Gasteiger partial charge in [0.05, 0.1) is 34.3 Å². The van der Waals surface area contributed by atoms with E-state index in [0.29, 0.717) is 6.54 Å². The Kier molecular flexibility index (Phi) is 5.24. The highest BCUT2D eigenvalue weighted by Crippen LogP contribution is 2.24. The van der Waals surface area contributed by atoms with Crippen molar-refractivity contribution in [2.45, 2.75) is 46.7 Å². The van der Waals surface area contributed by atoms with E-state index in [2.05, 4.69) is 62.6 Å². The molecule has 2 aromatic heterocycles. The molecule has 142 valence electrons. The summed E-state index contributed by atoms with van der Waals surface area (Å²) in [6, 6.07) is 8.38. The number of aryl methyl sites for hydroxylation is 2. The van der Waals surface area contributed by atoms with Crippen molar-refractivity contribution in [3.63, 3.8) is 0 Å². The van der Waals surface area contributed by atoms with Crippen LogP contribution in [0.4, 0.5) is 5.69 Å². The Morgan fingerprint density at radius 1 is 1.19 bits per heavy atom. The average Bonchev–Trinajstić information content (AvgIpc) is 3.16. The number of carbonyl (C=O) groups excluding carboxylic acids is 1. The van der Waals surface area contributed by atoms with Crippen molar-refractivity contribution in [2.75, 3.05) is 5.32 Å². The summed E-state index contributed by atoms with van der Waals surface area (Å²) in [5.74, 6) is -0.140. The van der Waals surface area contributed by atoms with E-state index in [9.17, 15) is 4.79 Å². The van der Waals surface area contributed by atoms with Gasteiger partial charge in [0, 0.05) is 6.20 Å². The normalized spacial score (nSPS) is 11.6. The van der Waals surface area contributed by atoms with Gasteiger partial charge in [0.1, 0.15) is 5.54 Å². The van der Waals surface area contributed by atoms with Crippen molar-refractivity contribution < 1.29 is 4.79 Å². The average molecular weight is 430 g/mol. The first kappa shape index (κ1) is 19.4. The van der Waals surface area contributed by atoms with Crippen LogP contribution in [-0.4, -0.2) is 25.5 Å². The molecular weight excluding hydrogens is 406 g/mol. The van der Waals surface area contributed by atoms with Crippen LogP contribution in [0.2, 0.25) is 0 Å². The van der Waals surface area contributed by atoms with Crippen molar-refractivity contribution in [1.29, 1.82) is 0 Å². The summed E-state index contributed by atoms with van der Waals surface area (Å²) in [7, 11) is 0. The summed E-state index contributed by atoms with van der Waals surface area (Å²) in [6.07, 6.45) is 3.46. The molecule has 1 aromatic carbocycles. The van der Waals surface area contributed by atoms with Crippen molar-refractivity contribution in [3.8, 4) is 0 Å². The molecule has 0 spiro atoms. The molecule has 0 fully saturated rings. The first-order chi connectivity index (χ1) is 12.7. The third-order valence-corrected chi connectivity index (χ3v) is 5.16. The maximum Gasteiger partial charge on any atom is 0.251 e. The van der Waals surface area contributed by atoms with E-state index in [0.717, 1.165) is 21.5 Å². The van der Waals surface area contributed by atoms with Gasteiger partial charge in [-0.3, -0.25) is 14.2 Å². The van der Waals surface area contributed by atoms with Crippen LogP contribution in [0, 0.1) is 20.8 Å². The highest BCUT2D eigenvalue weighted by Gasteiger charge is 2.32. The van der Waals surface area contributed by atoms with Crippen LogP contribution in [-0.2, 0) is 16.9 Å². The Bertz CT molecular complexity index is 969. The van der Waals surface area contributed by atoms with Gasteiger partial charge in [0.2, 0.25) is 0 Å². The van der Waals surface area contributed by atoms with Gasteiger partial charge >= 0.3 is 0 Å². The highest BCUT2D eigenvalue weighted by atomic mass is 79.9. The lowest BCUT2D eigenvalue weighted by Gasteiger charge is -2.24. The Labute approximate surface area is 167 Å². The zero-order valence-electron chi connectivity index (χ0n) is 16.2. The molecule has 0 bridgehead atoms. The lowest BCUT2D eigenvalue weighted by molar-refractivity contribution is -0.123. The molecule has 0 aliphatic carbocycles. The molecule has 1 N–H and O–H groups in total. The predicted octanol–water partition coefficient (Wildman–Crippen LogP) is 4.19. The summed E-state index contributed by atoms with van der Waals surface area (Å²) in [6.45, 7) is 10.3. The Balaban J connectivity index is 1.82. The minimum Gasteiger partial charge on any atom is -0.321 e. The molecule has 0 aliphatic heterocycles. The van der Waals surface area contributed by atoms with Crippen LogP contribution in [0.1, 0.15) is 36.4 Å². The number of benzene rings is 1. The number of hydrogen-bond donors (Lipinski definition) is 1. The number of nitrogens with one attached hydrogen (secondary N) is 1. The smallest absolute Gasteiger partial charge is 0.251 e. The minimum atomic E-state index is -0.829. The molecule has 27 heavy (non-hydrogen) atoms. The number of nitrogens with zero attached hydrogens (tertiary/aromatic N) is 4. The second-order valence-corrected chi connectivity index (χ2v) is 8.22. The Morgan fingerprint density at radius 3 is 2.44 bits per heavy atom. The van der Waals surface area contributed by atoms with Gasteiger partial charge in [-0.25, -0.2) is 0 Å². The second-order valence-electron chi connectivity index (χ2n) is 7.31. The topological polar surface area (TPSA) is 64.7 Å². The maximum absolute atomic E-state index is 12.9. The van der Waals surface area contributed by atoms with Gasteiger partial charge in [-0.1, -0.05) is 29.8 Å². The fraction of sp³-hybridized carbons (Fsp3) is 0.350. The number of carbonyl (C=O) groups is 1. The van der Waals surface area contributed by atoms with E-state index in [1.807, 2.05) is 32.4 Å². The van der Waals surface area contributed by atoms with E-state index in [4.69, 9.17) is 0 Å². The van der Waals surface area contributed by atoms with Crippen molar-refractivity contribution >= 4 is 27.5 Å². The van der Waals surface area contributed by atoms with Gasteiger partial charge in [0.15, 0.2) is 0 Å². The van der Waals surface area contributed by atoms with Crippen LogP contribution < -0.4 is 5.32 Å². The molecular formula is C20H24BrN5O. The van der Waals surface area contributed by atoms with Gasteiger partial charge in [-0.2, -0.15) is 10.2 Å². The SMILES string of the molecule is Cc1ccc(Cn2nc(C)c(NC(=O)C(C)(C)n3cc(Br)cn3)c2C)cc1. The number of halogens is 1. The maximum atomic E-state index is 12.9. The molecule has 0 radical (unpaired) electrons. The standard InChI is InChI=1S/C20H24BrN5O/c1-13-6-8-16(9-7-13)11-25-15(3)18(14(2)24-25)23-19(27)20(4,5)26-12-17(21)10-22-26/h6-10,12H,11H2,1-5H3,(H,23,27). The van der Waals surface area contributed by atoms with Crippen LogP contribution in [0.3, 0.4) is 0 Å². The number of aromatic nitrogens is 4. The number of amides is 1. The second kappa shape index (κ2) is 7.31. The third-order valence-electron chi connectivity index (χ3n) is 4.75. The van der Waals surface area contributed by atoms with Gasteiger partial charge in [-0.15, -0.1) is 0 Å². The lowest BCUT2D eigenvalue weighted by Crippen LogP contribution is -2.40. The summed E-state index contributed by atoms with van der Waals surface area (Å²) >= 11 is 3.37. The summed E-state index contributed by atoms with van der Waals surface area (Å²) in [5.41, 5.74) is 4.05. The fourth-order valence-corrected chi connectivity index (χ4v) is 3.16. The molecule has 6 nitrogen and oxygen atoms in total. The van der Waals surface area contributed by atoms with Crippen molar-refractivity contribution in [2.24, 2.45) is 0 Å². The van der Waals surface area contributed by atoms with E-state index in [1.165, 1.54) is 11.1 Å². The van der Waals surface area contributed by atoms with Crippen LogP contribution in [0.5, 0.6) is 0 Å². The molecule has 2 heterocycles. The molecule has 0 atom stereocenters. The molecule has 7 heteroatoms. The van der Waals surface area contributed by atoms with Gasteiger partial charge in [-0.05, 0) is 56.1 Å². The summed E-state index contributed by atoms with van der Waals surface area (Å²) < 4.78 is 4.41. The highest BCUT2D eigenvalue weighted by molar-refractivity contribution is 9.10. The molecule has 0 saturated heterocycles. The predicted molar refractivity (Wildman–Crippen MR) is 110 cm³/mol. The van der Waals surface area contributed by atoms with E-state index in [-0.39, 0.29) is 5.91 Å². The van der Waals surface area contributed by atoms with Crippen LogP contribution >= 0.6 is 15.9 Å². The number of hydrogen-bond acceptors (Lipinski definition) is 3. The lowest BCUT2D eigenvalue weighted by atomic mass is 10.0. The van der Waals surface area contributed by atoms with Gasteiger partial charge in [0.25, 0.3) is 5.91 Å². The zero-order chi connectivity index (χ0) is 19.8. The molecule has 3 aromatic rings. The first-order valence-electron chi connectivity index (χ1n) is 8.80. The van der Waals surface area contributed by atoms with E-state index >= 15 is 0 Å². The Morgan fingerprint density at radius 2 is 1.85 bits per heavy atom. The quantitative estimate of drug-likeness (QED) is 0.660. The molecule has 1 amide bonds. The van der Waals surface area contributed by atoms with Crippen LogP contribution in [0.25, 0.3) is 0 Å². The summed E-state index contributed by atoms with van der Waals surface area (Å²) in [4.78, 5) is 12.9. The minimum absolute atomic E-state index is 0.140. The Hall–Kier alpha value is -2.41. The van der Waals surface area contributed by atoms with Crippen LogP contribution in [0.15, 0.2) is 41.1 Å². The van der Waals surface area contributed by atoms with Gasteiger partial charge < -0.3 is 5.32 Å². The molecule has 0 unspecified atom stereocenters. The van der Waals surface area contributed by atoms with E-state index < -0.39 is 5.54 Å². The van der Waals surface area contributed by atoms with E-state index in [1.54, 1.807) is 17.1 Å². The fourth-order valence-electron chi connectivity index (χ4n) is 2.88. The zero-order valence-corrected chi connectivity index (χ0v) is 17.8. The van der Waals surface area contributed by atoms with Crippen molar-refractivity contribution in [3.05, 3.63) is 63.6 Å². The molecule has 0 saturated carbocycles. The first-order valence-corrected chi connectivity index (χ1v) is 9.59. The number of rotatable bonds is 5. The number of anilines is 1. The summed E-state index contributed by atoms with van der Waals surface area (Å²) in [5, 5.41) is 11.9. The third kappa shape index (κ3) is 3.98. The molecule has 3 rings (SSSR count). The van der Waals surface area contributed by atoms with Crippen molar-refractivity contribution in [1.82, 2.24) is 19.6 Å². The molecule has 0 aliphatic rings. The monoisotopic (exact) mass is 429 g/mol.